The van der Waals surface area contributed by atoms with Crippen molar-refractivity contribution in [1.29, 1.82) is 0 Å². The average molecular weight is 462 g/mol. The molecule has 1 aromatic rings. The molecule has 0 bridgehead atoms. The van der Waals surface area contributed by atoms with Crippen molar-refractivity contribution in [3.8, 4) is 0 Å². The van der Waals surface area contributed by atoms with Gasteiger partial charge in [0.15, 0.2) is 5.96 Å². The van der Waals surface area contributed by atoms with E-state index in [2.05, 4.69) is 64.7 Å². The Labute approximate surface area is 170 Å². The summed E-state index contributed by atoms with van der Waals surface area (Å²) in [5.41, 5.74) is 0. The Bertz CT molecular complexity index is 498. The van der Waals surface area contributed by atoms with Crippen LogP contribution in [0.2, 0.25) is 0 Å². The highest BCUT2D eigenvalue weighted by atomic mass is 127. The van der Waals surface area contributed by atoms with Gasteiger partial charge in [-0.3, -0.25) is 4.99 Å². The van der Waals surface area contributed by atoms with E-state index in [0.717, 1.165) is 37.1 Å². The number of nitrogens with one attached hydrogen (secondary N) is 2. The van der Waals surface area contributed by atoms with Crippen LogP contribution >= 0.6 is 24.0 Å². The van der Waals surface area contributed by atoms with Crippen LogP contribution in [-0.4, -0.2) is 39.9 Å². The second-order valence-corrected chi connectivity index (χ2v) is 6.56. The average Bonchev–Trinajstić information content (AvgIpc) is 2.99. The minimum atomic E-state index is 0. The third-order valence-electron chi connectivity index (χ3n) is 3.84. The van der Waals surface area contributed by atoms with Gasteiger partial charge in [-0.2, -0.15) is 0 Å². The smallest absolute Gasteiger partial charge is 0.191 e. The molecule has 1 heterocycles. The maximum atomic E-state index is 4.66. The number of hydrogen-bond donors (Lipinski definition) is 2. The Balaban J connectivity index is 0.00000576. The van der Waals surface area contributed by atoms with Crippen LogP contribution in [0.4, 0.5) is 0 Å². The van der Waals surface area contributed by atoms with Crippen LogP contribution < -0.4 is 10.6 Å². The van der Waals surface area contributed by atoms with E-state index in [4.69, 9.17) is 0 Å². The van der Waals surface area contributed by atoms with Gasteiger partial charge in [-0.15, -0.1) is 40.8 Å². The molecule has 0 radical (unpaired) electrons. The molecule has 1 rings (SSSR count). The summed E-state index contributed by atoms with van der Waals surface area (Å²) in [6.45, 7) is 14.8. The van der Waals surface area contributed by atoms with Crippen molar-refractivity contribution < 1.29 is 0 Å². The summed E-state index contributed by atoms with van der Waals surface area (Å²) in [4.78, 5) is 4.66. The van der Waals surface area contributed by atoms with Gasteiger partial charge in [-0.1, -0.05) is 39.7 Å². The minimum Gasteiger partial charge on any atom is -0.354 e. The molecule has 0 aliphatic carbocycles. The van der Waals surface area contributed by atoms with Crippen LogP contribution in [0.5, 0.6) is 0 Å². The fraction of sp³-hybridized carbons (Fsp3) is 0.722. The Kier molecular flexibility index (Phi) is 13.5. The van der Waals surface area contributed by atoms with E-state index in [-0.39, 0.29) is 24.0 Å². The Morgan fingerprint density at radius 2 is 2.12 bits per heavy atom. The summed E-state index contributed by atoms with van der Waals surface area (Å²) in [5.74, 6) is 2.61. The minimum absolute atomic E-state index is 0. The number of aliphatic imine (C=N–C) groups is 1. The molecule has 0 saturated heterocycles. The van der Waals surface area contributed by atoms with Gasteiger partial charge in [0.05, 0.1) is 6.54 Å². The summed E-state index contributed by atoms with van der Waals surface area (Å²) in [7, 11) is 0. The van der Waals surface area contributed by atoms with Gasteiger partial charge < -0.3 is 15.2 Å². The lowest BCUT2D eigenvalue weighted by Crippen LogP contribution is -2.42. The standard InChI is InChI=1S/C18H34N6.HI/c1-6-11-19-18(22-16(5)10-8-9-15(3)4)20-12-13-24-14-21-23-17(24)7-2;/h6,14-16H,1,7-13H2,2-5H3,(H2,19,20,22);1H. The van der Waals surface area contributed by atoms with Crippen LogP contribution in [0.1, 0.15) is 52.8 Å². The van der Waals surface area contributed by atoms with Crippen molar-refractivity contribution in [2.45, 2.75) is 66.0 Å². The van der Waals surface area contributed by atoms with E-state index < -0.39 is 0 Å². The first-order valence-electron chi connectivity index (χ1n) is 9.09. The fourth-order valence-electron chi connectivity index (χ4n) is 2.47. The summed E-state index contributed by atoms with van der Waals surface area (Å²) in [6, 6.07) is 0.404. The molecule has 0 aromatic carbocycles. The maximum Gasteiger partial charge on any atom is 0.191 e. The third-order valence-corrected chi connectivity index (χ3v) is 3.84. The zero-order chi connectivity index (χ0) is 17.8. The molecule has 1 unspecified atom stereocenters. The maximum absolute atomic E-state index is 4.66. The van der Waals surface area contributed by atoms with Crippen LogP contribution in [0, 0.1) is 5.92 Å². The number of rotatable bonds is 11. The fourth-order valence-corrected chi connectivity index (χ4v) is 2.47. The quantitative estimate of drug-likeness (QED) is 0.229. The van der Waals surface area contributed by atoms with Crippen LogP contribution in [-0.2, 0) is 13.0 Å². The van der Waals surface area contributed by atoms with Crippen molar-refractivity contribution in [3.63, 3.8) is 0 Å². The normalized spacial score (nSPS) is 12.6. The van der Waals surface area contributed by atoms with Gasteiger partial charge in [0, 0.05) is 25.6 Å². The molecular formula is C18H35IN6. The number of guanidine groups is 1. The van der Waals surface area contributed by atoms with E-state index in [1.54, 1.807) is 6.33 Å². The molecular weight excluding hydrogens is 427 g/mol. The highest BCUT2D eigenvalue weighted by Gasteiger charge is 2.06. The highest BCUT2D eigenvalue weighted by Crippen LogP contribution is 2.08. The molecule has 144 valence electrons. The first-order valence-corrected chi connectivity index (χ1v) is 9.09. The summed E-state index contributed by atoms with van der Waals surface area (Å²) < 4.78 is 2.06. The zero-order valence-corrected chi connectivity index (χ0v) is 18.5. The monoisotopic (exact) mass is 462 g/mol. The van der Waals surface area contributed by atoms with Crippen molar-refractivity contribution in [2.24, 2.45) is 10.9 Å². The van der Waals surface area contributed by atoms with Crippen molar-refractivity contribution in [1.82, 2.24) is 25.4 Å². The highest BCUT2D eigenvalue weighted by molar-refractivity contribution is 14.0. The molecule has 7 heteroatoms. The summed E-state index contributed by atoms with van der Waals surface area (Å²) in [6.07, 6.45) is 8.16. The third kappa shape index (κ3) is 10.5. The van der Waals surface area contributed by atoms with Gasteiger partial charge in [0.1, 0.15) is 12.2 Å². The topological polar surface area (TPSA) is 67.1 Å². The van der Waals surface area contributed by atoms with Gasteiger partial charge in [-0.05, 0) is 19.3 Å². The summed E-state index contributed by atoms with van der Waals surface area (Å²) in [5, 5.41) is 14.8. The van der Waals surface area contributed by atoms with Crippen molar-refractivity contribution in [3.05, 3.63) is 24.8 Å². The van der Waals surface area contributed by atoms with Crippen molar-refractivity contribution in [2.75, 3.05) is 13.1 Å². The SMILES string of the molecule is C=CCNC(=NCCn1cnnc1CC)NC(C)CCCC(C)C.I. The van der Waals surface area contributed by atoms with E-state index in [1.807, 2.05) is 6.08 Å². The van der Waals surface area contributed by atoms with Gasteiger partial charge >= 0.3 is 0 Å². The van der Waals surface area contributed by atoms with E-state index in [1.165, 1.54) is 12.8 Å². The van der Waals surface area contributed by atoms with Crippen molar-refractivity contribution >= 4 is 29.9 Å². The molecule has 1 aromatic heterocycles. The molecule has 2 N–H and O–H groups in total. The number of halogens is 1. The lowest BCUT2D eigenvalue weighted by molar-refractivity contribution is 0.491. The predicted molar refractivity (Wildman–Crippen MR) is 117 cm³/mol. The number of hydrogen-bond acceptors (Lipinski definition) is 3. The second kappa shape index (κ2) is 14.1. The molecule has 0 fully saturated rings. The second-order valence-electron chi connectivity index (χ2n) is 6.56. The lowest BCUT2D eigenvalue weighted by Gasteiger charge is -2.18. The zero-order valence-electron chi connectivity index (χ0n) is 16.2. The largest absolute Gasteiger partial charge is 0.354 e. The first kappa shape index (κ1) is 23.9. The lowest BCUT2D eigenvalue weighted by atomic mass is 10.0. The molecule has 0 aliphatic rings. The van der Waals surface area contributed by atoms with E-state index >= 15 is 0 Å². The molecule has 1 atom stereocenters. The number of aromatic nitrogens is 3. The van der Waals surface area contributed by atoms with Gasteiger partial charge in [-0.25, -0.2) is 0 Å². The first-order chi connectivity index (χ1) is 11.6. The van der Waals surface area contributed by atoms with Crippen LogP contribution in [0.25, 0.3) is 0 Å². The molecule has 25 heavy (non-hydrogen) atoms. The number of nitrogens with zero attached hydrogens (tertiary/aromatic N) is 4. The van der Waals surface area contributed by atoms with Gasteiger partial charge in [0.25, 0.3) is 0 Å². The molecule has 6 nitrogen and oxygen atoms in total. The number of aryl methyl sites for hydroxylation is 1. The molecule has 0 spiro atoms. The molecule has 0 saturated carbocycles. The summed E-state index contributed by atoms with van der Waals surface area (Å²) >= 11 is 0. The Hall–Kier alpha value is -1.12. The predicted octanol–water partition coefficient (Wildman–Crippen LogP) is 3.39. The Morgan fingerprint density at radius 1 is 1.36 bits per heavy atom. The Morgan fingerprint density at radius 3 is 2.76 bits per heavy atom. The molecule has 0 aliphatic heterocycles. The van der Waals surface area contributed by atoms with Gasteiger partial charge in [0.2, 0.25) is 0 Å². The molecule has 0 amide bonds. The van der Waals surface area contributed by atoms with E-state index in [9.17, 15) is 0 Å². The van der Waals surface area contributed by atoms with E-state index in [0.29, 0.717) is 19.1 Å². The van der Waals surface area contributed by atoms with Crippen LogP contribution in [0.3, 0.4) is 0 Å². The van der Waals surface area contributed by atoms with Crippen LogP contribution in [0.15, 0.2) is 24.0 Å².